The highest BCUT2D eigenvalue weighted by atomic mass is 32.1. The van der Waals surface area contributed by atoms with E-state index in [2.05, 4.69) is 10.9 Å². The molecule has 3 aromatic rings. The molecule has 0 atom stereocenters. The third-order valence-corrected chi connectivity index (χ3v) is 4.62. The lowest BCUT2D eigenvalue weighted by atomic mass is 9.91. The second-order valence-electron chi connectivity index (χ2n) is 5.58. The number of hydrogen-bond acceptors (Lipinski definition) is 3. The van der Waals surface area contributed by atoms with Crippen molar-refractivity contribution >= 4 is 29.2 Å². The van der Waals surface area contributed by atoms with Crippen LogP contribution in [0.3, 0.4) is 0 Å². The Labute approximate surface area is 156 Å². The molecule has 26 heavy (non-hydrogen) atoms. The quantitative estimate of drug-likeness (QED) is 0.537. The number of hydrogen-bond donors (Lipinski definition) is 2. The molecule has 0 spiro atoms. The maximum atomic E-state index is 12.7. The van der Waals surface area contributed by atoms with Gasteiger partial charge in [0, 0.05) is 11.0 Å². The summed E-state index contributed by atoms with van der Waals surface area (Å²) in [7, 11) is 0. The molecule has 0 saturated carbocycles. The van der Waals surface area contributed by atoms with Crippen molar-refractivity contribution in [2.24, 2.45) is 0 Å². The van der Waals surface area contributed by atoms with E-state index in [4.69, 9.17) is 0 Å². The van der Waals surface area contributed by atoms with E-state index in [-0.39, 0.29) is 11.8 Å². The van der Waals surface area contributed by atoms with Crippen molar-refractivity contribution < 1.29 is 9.59 Å². The molecule has 0 fully saturated rings. The molecule has 0 aliphatic rings. The van der Waals surface area contributed by atoms with Crippen molar-refractivity contribution in [3.05, 3.63) is 100 Å². The molecule has 2 aromatic carbocycles. The molecular formula is C21H18N2O2S. The van der Waals surface area contributed by atoms with Gasteiger partial charge in [-0.3, -0.25) is 20.4 Å². The van der Waals surface area contributed by atoms with E-state index in [0.717, 1.165) is 16.0 Å². The molecule has 1 heterocycles. The Morgan fingerprint density at radius 2 is 1.42 bits per heavy atom. The van der Waals surface area contributed by atoms with E-state index < -0.39 is 5.92 Å². The highest BCUT2D eigenvalue weighted by Gasteiger charge is 2.22. The summed E-state index contributed by atoms with van der Waals surface area (Å²) in [6.45, 7) is 0. The van der Waals surface area contributed by atoms with Crippen LogP contribution in [0.25, 0.3) is 6.08 Å². The summed E-state index contributed by atoms with van der Waals surface area (Å²) in [6.07, 6.45) is 3.10. The number of thiophene rings is 1. The molecule has 0 saturated heterocycles. The molecule has 2 amide bonds. The molecule has 0 radical (unpaired) electrons. The molecule has 130 valence electrons. The van der Waals surface area contributed by atoms with Crippen molar-refractivity contribution in [1.82, 2.24) is 10.9 Å². The highest BCUT2D eigenvalue weighted by molar-refractivity contribution is 7.10. The number of nitrogens with one attached hydrogen (secondary N) is 2. The van der Waals surface area contributed by atoms with Gasteiger partial charge in [0.05, 0.1) is 5.92 Å². The minimum absolute atomic E-state index is 0.291. The van der Waals surface area contributed by atoms with E-state index >= 15 is 0 Å². The van der Waals surface area contributed by atoms with E-state index in [9.17, 15) is 9.59 Å². The summed E-state index contributed by atoms with van der Waals surface area (Å²) in [6, 6.07) is 22.8. The third-order valence-electron chi connectivity index (χ3n) is 3.78. The Bertz CT molecular complexity index is 835. The Balaban J connectivity index is 1.69. The monoisotopic (exact) mass is 362 g/mol. The zero-order valence-corrected chi connectivity index (χ0v) is 14.8. The van der Waals surface area contributed by atoms with E-state index in [1.54, 1.807) is 6.08 Å². The van der Waals surface area contributed by atoms with Crippen LogP contribution in [0.15, 0.2) is 84.3 Å². The molecule has 5 heteroatoms. The minimum Gasteiger partial charge on any atom is -0.272 e. The smallest absolute Gasteiger partial charge is 0.262 e. The van der Waals surface area contributed by atoms with Gasteiger partial charge in [0.25, 0.3) is 5.91 Å². The SMILES string of the molecule is O=C(C=Cc1cccs1)NNC(=O)C(c1ccccc1)c1ccccc1. The first-order valence-electron chi connectivity index (χ1n) is 8.15. The molecule has 0 bridgehead atoms. The lowest BCUT2D eigenvalue weighted by Crippen LogP contribution is -2.43. The topological polar surface area (TPSA) is 58.2 Å². The largest absolute Gasteiger partial charge is 0.272 e. The van der Waals surface area contributed by atoms with Gasteiger partial charge in [-0.15, -0.1) is 11.3 Å². The van der Waals surface area contributed by atoms with Crippen LogP contribution in [0.1, 0.15) is 21.9 Å². The van der Waals surface area contributed by atoms with Gasteiger partial charge in [-0.25, -0.2) is 0 Å². The maximum Gasteiger partial charge on any atom is 0.262 e. The van der Waals surface area contributed by atoms with Crippen molar-refractivity contribution in [2.75, 3.05) is 0 Å². The predicted molar refractivity (Wildman–Crippen MR) is 104 cm³/mol. The van der Waals surface area contributed by atoms with Gasteiger partial charge < -0.3 is 0 Å². The number of carbonyl (C=O) groups excluding carboxylic acids is 2. The lowest BCUT2D eigenvalue weighted by Gasteiger charge is -2.17. The van der Waals surface area contributed by atoms with Gasteiger partial charge in [-0.1, -0.05) is 66.7 Å². The Morgan fingerprint density at radius 3 is 1.96 bits per heavy atom. The number of hydrazine groups is 1. The fourth-order valence-electron chi connectivity index (χ4n) is 2.57. The predicted octanol–water partition coefficient (Wildman–Crippen LogP) is 3.74. The first-order valence-corrected chi connectivity index (χ1v) is 9.03. The number of rotatable bonds is 5. The molecule has 3 rings (SSSR count). The Morgan fingerprint density at radius 1 is 0.808 bits per heavy atom. The first-order chi connectivity index (χ1) is 12.7. The van der Waals surface area contributed by atoms with Crippen molar-refractivity contribution in [2.45, 2.75) is 5.92 Å². The first kappa shape index (κ1) is 17.6. The van der Waals surface area contributed by atoms with Gasteiger partial charge >= 0.3 is 0 Å². The number of benzene rings is 2. The fourth-order valence-corrected chi connectivity index (χ4v) is 3.19. The van der Waals surface area contributed by atoms with Crippen LogP contribution in [0, 0.1) is 0 Å². The van der Waals surface area contributed by atoms with Gasteiger partial charge in [0.15, 0.2) is 0 Å². The summed E-state index contributed by atoms with van der Waals surface area (Å²) < 4.78 is 0. The fraction of sp³-hybridized carbons (Fsp3) is 0.0476. The van der Waals surface area contributed by atoms with Crippen LogP contribution in [-0.4, -0.2) is 11.8 Å². The minimum atomic E-state index is -0.501. The Kier molecular flexibility index (Phi) is 5.96. The molecule has 4 nitrogen and oxygen atoms in total. The van der Waals surface area contributed by atoms with Crippen LogP contribution in [0.4, 0.5) is 0 Å². The lowest BCUT2D eigenvalue weighted by molar-refractivity contribution is -0.127. The molecule has 0 unspecified atom stereocenters. The van der Waals surface area contributed by atoms with Crippen LogP contribution >= 0.6 is 11.3 Å². The van der Waals surface area contributed by atoms with Crippen molar-refractivity contribution in [1.29, 1.82) is 0 Å². The highest BCUT2D eigenvalue weighted by Crippen LogP contribution is 2.24. The number of carbonyl (C=O) groups is 2. The average Bonchev–Trinajstić information content (AvgIpc) is 3.20. The van der Waals surface area contributed by atoms with Crippen LogP contribution < -0.4 is 10.9 Å². The zero-order valence-electron chi connectivity index (χ0n) is 14.0. The molecule has 0 aliphatic carbocycles. The normalized spacial score (nSPS) is 10.8. The van der Waals surface area contributed by atoms with Crippen molar-refractivity contribution in [3.8, 4) is 0 Å². The van der Waals surface area contributed by atoms with Gasteiger partial charge in [0.1, 0.15) is 0 Å². The van der Waals surface area contributed by atoms with Gasteiger partial charge in [-0.05, 0) is 28.6 Å². The summed E-state index contributed by atoms with van der Waals surface area (Å²) in [5, 5.41) is 1.93. The molecule has 2 N–H and O–H groups in total. The molecule has 0 aliphatic heterocycles. The second kappa shape index (κ2) is 8.78. The van der Waals surface area contributed by atoms with Crippen LogP contribution in [0.2, 0.25) is 0 Å². The summed E-state index contributed by atoms with van der Waals surface area (Å²) in [5.41, 5.74) is 6.69. The molecule has 1 aromatic heterocycles. The third kappa shape index (κ3) is 4.68. The van der Waals surface area contributed by atoms with Gasteiger partial charge in [-0.2, -0.15) is 0 Å². The second-order valence-corrected chi connectivity index (χ2v) is 6.56. The van der Waals surface area contributed by atoms with Gasteiger partial charge in [0.2, 0.25) is 5.91 Å². The van der Waals surface area contributed by atoms with Crippen LogP contribution in [-0.2, 0) is 9.59 Å². The Hall–Kier alpha value is -3.18. The molecular weight excluding hydrogens is 344 g/mol. The maximum absolute atomic E-state index is 12.7. The standard InChI is InChI=1S/C21H18N2O2S/c24-19(14-13-18-12-7-15-26-18)22-23-21(25)20(16-8-3-1-4-9-16)17-10-5-2-6-11-17/h1-15,20H,(H,22,24)(H,23,25). The summed E-state index contributed by atoms with van der Waals surface area (Å²) in [5.74, 6) is -1.18. The number of amides is 2. The summed E-state index contributed by atoms with van der Waals surface area (Å²) in [4.78, 5) is 25.6. The zero-order chi connectivity index (χ0) is 18.2. The average molecular weight is 362 g/mol. The van der Waals surface area contributed by atoms with E-state index in [1.165, 1.54) is 17.4 Å². The van der Waals surface area contributed by atoms with Crippen LogP contribution in [0.5, 0.6) is 0 Å². The van der Waals surface area contributed by atoms with E-state index in [0.29, 0.717) is 0 Å². The summed E-state index contributed by atoms with van der Waals surface area (Å²) >= 11 is 1.53. The van der Waals surface area contributed by atoms with E-state index in [1.807, 2.05) is 78.2 Å². The van der Waals surface area contributed by atoms with Crippen molar-refractivity contribution in [3.63, 3.8) is 0 Å².